The Morgan fingerprint density at radius 1 is 1.14 bits per heavy atom. The number of carbonyl (C=O) groups is 1. The van der Waals surface area contributed by atoms with Crippen molar-refractivity contribution < 1.29 is 4.79 Å². The molecule has 0 atom stereocenters. The van der Waals surface area contributed by atoms with Crippen LogP contribution in [0.5, 0.6) is 0 Å². The van der Waals surface area contributed by atoms with Gasteiger partial charge in [0.25, 0.3) is 5.91 Å². The average Bonchev–Trinajstić information content (AvgIpc) is 2.49. The number of carbonyl (C=O) groups excluding carboxylic acids is 1. The lowest BCUT2D eigenvalue weighted by Crippen LogP contribution is -2.13. The van der Waals surface area contributed by atoms with E-state index in [9.17, 15) is 4.79 Å². The maximum absolute atomic E-state index is 12.3. The molecule has 0 fully saturated rings. The number of amides is 1. The summed E-state index contributed by atoms with van der Waals surface area (Å²) in [4.78, 5) is 12.3. The molecule has 3 nitrogen and oxygen atoms in total. The first-order valence-corrected chi connectivity index (χ1v) is 7.22. The van der Waals surface area contributed by atoms with Gasteiger partial charge in [0.15, 0.2) is 0 Å². The second kappa shape index (κ2) is 6.55. The number of anilines is 1. The molecule has 2 aromatic carbocycles. The van der Waals surface area contributed by atoms with Gasteiger partial charge in [-0.05, 0) is 47.7 Å². The number of aryl methyl sites for hydroxylation is 1. The molecule has 0 saturated carbocycles. The predicted octanol–water partition coefficient (Wildman–Crippen LogP) is 3.83. The smallest absolute Gasteiger partial charge is 0.255 e. The molecule has 110 valence electrons. The molecule has 0 aliphatic carbocycles. The molecule has 3 heteroatoms. The third-order valence-corrected chi connectivity index (χ3v) is 3.63. The van der Waals surface area contributed by atoms with Gasteiger partial charge in [0.2, 0.25) is 0 Å². The SMILES string of the molecule is Cc1ccc(CN)cc1NC(=O)c1ccc(C(C)C)cc1. The highest BCUT2D eigenvalue weighted by Crippen LogP contribution is 2.19. The van der Waals surface area contributed by atoms with Crippen molar-refractivity contribution in [3.05, 3.63) is 64.7 Å². The first-order chi connectivity index (χ1) is 10.0. The van der Waals surface area contributed by atoms with E-state index in [-0.39, 0.29) is 5.91 Å². The molecule has 0 spiro atoms. The van der Waals surface area contributed by atoms with Gasteiger partial charge in [0.05, 0.1) is 0 Å². The van der Waals surface area contributed by atoms with Crippen LogP contribution < -0.4 is 11.1 Å². The summed E-state index contributed by atoms with van der Waals surface area (Å²) in [6.45, 7) is 6.71. The van der Waals surface area contributed by atoms with Gasteiger partial charge in [-0.25, -0.2) is 0 Å². The highest BCUT2D eigenvalue weighted by Gasteiger charge is 2.09. The third-order valence-electron chi connectivity index (χ3n) is 3.63. The van der Waals surface area contributed by atoms with Gasteiger partial charge in [0, 0.05) is 17.8 Å². The van der Waals surface area contributed by atoms with Gasteiger partial charge in [-0.2, -0.15) is 0 Å². The van der Waals surface area contributed by atoms with Crippen LogP contribution in [0.15, 0.2) is 42.5 Å². The molecule has 0 heterocycles. The lowest BCUT2D eigenvalue weighted by atomic mass is 10.0. The molecule has 0 saturated heterocycles. The molecular formula is C18H22N2O. The second-order valence-corrected chi connectivity index (χ2v) is 5.58. The van der Waals surface area contributed by atoms with Crippen LogP contribution in [0.4, 0.5) is 5.69 Å². The molecule has 3 N–H and O–H groups in total. The Hall–Kier alpha value is -2.13. The fraction of sp³-hybridized carbons (Fsp3) is 0.278. The largest absolute Gasteiger partial charge is 0.326 e. The van der Waals surface area contributed by atoms with E-state index in [0.717, 1.165) is 16.8 Å². The van der Waals surface area contributed by atoms with Gasteiger partial charge >= 0.3 is 0 Å². The van der Waals surface area contributed by atoms with Crippen molar-refractivity contribution in [2.45, 2.75) is 33.2 Å². The summed E-state index contributed by atoms with van der Waals surface area (Å²) in [6.07, 6.45) is 0. The van der Waals surface area contributed by atoms with Gasteiger partial charge in [0.1, 0.15) is 0 Å². The van der Waals surface area contributed by atoms with Gasteiger partial charge in [-0.15, -0.1) is 0 Å². The molecular weight excluding hydrogens is 260 g/mol. The maximum atomic E-state index is 12.3. The summed E-state index contributed by atoms with van der Waals surface area (Å²) in [6, 6.07) is 13.6. The van der Waals surface area contributed by atoms with Crippen molar-refractivity contribution in [3.8, 4) is 0 Å². The van der Waals surface area contributed by atoms with E-state index >= 15 is 0 Å². The minimum atomic E-state index is -0.0948. The van der Waals surface area contributed by atoms with Crippen molar-refractivity contribution in [3.63, 3.8) is 0 Å². The van der Waals surface area contributed by atoms with E-state index in [2.05, 4.69) is 19.2 Å². The Labute approximate surface area is 126 Å². The van der Waals surface area contributed by atoms with E-state index in [1.165, 1.54) is 5.56 Å². The monoisotopic (exact) mass is 282 g/mol. The third kappa shape index (κ3) is 3.70. The first-order valence-electron chi connectivity index (χ1n) is 7.22. The number of rotatable bonds is 4. The van der Waals surface area contributed by atoms with Crippen LogP contribution in [0, 0.1) is 6.92 Å². The zero-order valence-corrected chi connectivity index (χ0v) is 12.8. The first kappa shape index (κ1) is 15.3. The van der Waals surface area contributed by atoms with Crippen molar-refractivity contribution in [1.29, 1.82) is 0 Å². The molecule has 21 heavy (non-hydrogen) atoms. The van der Waals surface area contributed by atoms with Crippen LogP contribution in [0.1, 0.15) is 46.8 Å². The van der Waals surface area contributed by atoms with Crippen molar-refractivity contribution in [2.75, 3.05) is 5.32 Å². The maximum Gasteiger partial charge on any atom is 0.255 e. The van der Waals surface area contributed by atoms with Gasteiger partial charge in [-0.1, -0.05) is 38.1 Å². The van der Waals surface area contributed by atoms with Crippen LogP contribution in [0.25, 0.3) is 0 Å². The molecule has 0 unspecified atom stereocenters. The van der Waals surface area contributed by atoms with E-state index in [1.807, 2.05) is 49.4 Å². The Bertz CT molecular complexity index is 630. The number of nitrogens with one attached hydrogen (secondary N) is 1. The number of hydrogen-bond acceptors (Lipinski definition) is 2. The molecule has 2 aromatic rings. The second-order valence-electron chi connectivity index (χ2n) is 5.58. The van der Waals surface area contributed by atoms with Gasteiger partial charge < -0.3 is 11.1 Å². The zero-order valence-electron chi connectivity index (χ0n) is 12.8. The van der Waals surface area contributed by atoms with Crippen LogP contribution in [0.2, 0.25) is 0 Å². The Kier molecular flexibility index (Phi) is 4.76. The zero-order chi connectivity index (χ0) is 15.4. The van der Waals surface area contributed by atoms with Crippen LogP contribution >= 0.6 is 0 Å². The summed E-state index contributed by atoms with van der Waals surface area (Å²) in [5.74, 6) is 0.369. The van der Waals surface area contributed by atoms with Crippen LogP contribution in [-0.4, -0.2) is 5.91 Å². The summed E-state index contributed by atoms with van der Waals surface area (Å²) in [7, 11) is 0. The minimum Gasteiger partial charge on any atom is -0.326 e. The Balaban J connectivity index is 2.17. The molecule has 0 bridgehead atoms. The van der Waals surface area contributed by atoms with Crippen molar-refractivity contribution in [2.24, 2.45) is 5.73 Å². The van der Waals surface area contributed by atoms with Gasteiger partial charge in [-0.3, -0.25) is 4.79 Å². The summed E-state index contributed by atoms with van der Waals surface area (Å²) < 4.78 is 0. The van der Waals surface area contributed by atoms with Crippen LogP contribution in [-0.2, 0) is 6.54 Å². The molecule has 0 radical (unpaired) electrons. The topological polar surface area (TPSA) is 55.1 Å². The molecule has 0 aromatic heterocycles. The summed E-state index contributed by atoms with van der Waals surface area (Å²) >= 11 is 0. The number of nitrogens with two attached hydrogens (primary N) is 1. The highest BCUT2D eigenvalue weighted by molar-refractivity contribution is 6.04. The molecule has 1 amide bonds. The Morgan fingerprint density at radius 2 is 1.81 bits per heavy atom. The summed E-state index contributed by atoms with van der Waals surface area (Å²) in [5.41, 5.74) is 10.4. The number of hydrogen-bond donors (Lipinski definition) is 2. The standard InChI is InChI=1S/C18H22N2O/c1-12(2)15-6-8-16(9-7-15)18(21)20-17-10-14(11-19)5-4-13(17)3/h4-10,12H,11,19H2,1-3H3,(H,20,21). The van der Waals surface area contributed by atoms with Crippen molar-refractivity contribution in [1.82, 2.24) is 0 Å². The van der Waals surface area contributed by atoms with E-state index in [4.69, 9.17) is 5.73 Å². The van der Waals surface area contributed by atoms with Crippen LogP contribution in [0.3, 0.4) is 0 Å². The fourth-order valence-electron chi connectivity index (χ4n) is 2.14. The Morgan fingerprint density at radius 3 is 2.38 bits per heavy atom. The fourth-order valence-corrected chi connectivity index (χ4v) is 2.14. The molecule has 2 rings (SSSR count). The van der Waals surface area contributed by atoms with E-state index < -0.39 is 0 Å². The highest BCUT2D eigenvalue weighted by atomic mass is 16.1. The average molecular weight is 282 g/mol. The predicted molar refractivity (Wildman–Crippen MR) is 87.6 cm³/mol. The molecule has 0 aliphatic rings. The lowest BCUT2D eigenvalue weighted by molar-refractivity contribution is 0.102. The van der Waals surface area contributed by atoms with Crippen molar-refractivity contribution >= 4 is 11.6 Å². The number of benzene rings is 2. The summed E-state index contributed by atoms with van der Waals surface area (Å²) in [5, 5.41) is 2.96. The normalized spacial score (nSPS) is 10.7. The molecule has 0 aliphatic heterocycles. The van der Waals surface area contributed by atoms with E-state index in [0.29, 0.717) is 18.0 Å². The minimum absolute atomic E-state index is 0.0948. The lowest BCUT2D eigenvalue weighted by Gasteiger charge is -2.11. The van der Waals surface area contributed by atoms with E-state index in [1.54, 1.807) is 0 Å². The quantitative estimate of drug-likeness (QED) is 0.895.